The van der Waals surface area contributed by atoms with Gasteiger partial charge in [0.05, 0.1) is 0 Å². The molecule has 4 fully saturated rings. The summed E-state index contributed by atoms with van der Waals surface area (Å²) >= 11 is 0. The maximum atomic E-state index is 3.95. The topological polar surface area (TPSA) is 21.8 Å². The molecule has 0 aromatic carbocycles. The molecule has 4 heteroatoms. The molecule has 0 spiro atoms. The van der Waals surface area contributed by atoms with Crippen molar-refractivity contribution in [2.24, 2.45) is 11.8 Å². The molecule has 2 atom stereocenters. The number of piperidine rings is 3. The third kappa shape index (κ3) is 3.79. The molecule has 0 saturated carbocycles. The Hall–Kier alpha value is -0.160. The Bertz CT molecular complexity index is 317. The van der Waals surface area contributed by atoms with Crippen molar-refractivity contribution < 1.29 is 0 Å². The summed E-state index contributed by atoms with van der Waals surface area (Å²) in [4.78, 5) is 7.83. The summed E-state index contributed by atoms with van der Waals surface area (Å²) in [5.74, 6) is 1.68. The number of fused-ring (bicyclic) bond motifs is 3. The second kappa shape index (κ2) is 6.95. The van der Waals surface area contributed by atoms with Gasteiger partial charge in [-0.25, -0.2) is 0 Å². The first-order valence-electron chi connectivity index (χ1n) is 9.02. The number of hydrogen-bond acceptors (Lipinski definition) is 4. The van der Waals surface area contributed by atoms with E-state index in [4.69, 9.17) is 0 Å². The number of rotatable bonds is 5. The molecule has 4 rings (SSSR count). The number of nitrogens with one attached hydrogen (secondary N) is 1. The van der Waals surface area contributed by atoms with Gasteiger partial charge in [0.2, 0.25) is 0 Å². The first-order chi connectivity index (χ1) is 10.1. The average Bonchev–Trinajstić information content (AvgIpc) is 2.50. The van der Waals surface area contributed by atoms with Crippen LogP contribution in [-0.2, 0) is 0 Å². The quantitative estimate of drug-likeness (QED) is 0.815. The lowest BCUT2D eigenvalue weighted by molar-refractivity contribution is 0.0543. The van der Waals surface area contributed by atoms with Gasteiger partial charge < -0.3 is 15.1 Å². The summed E-state index contributed by atoms with van der Waals surface area (Å²) in [6, 6.07) is 1.45. The zero-order chi connectivity index (χ0) is 14.8. The molecule has 4 aliphatic heterocycles. The van der Waals surface area contributed by atoms with Gasteiger partial charge in [0.25, 0.3) is 0 Å². The summed E-state index contributed by atoms with van der Waals surface area (Å²) in [5.41, 5.74) is 0. The van der Waals surface area contributed by atoms with Crippen LogP contribution in [0.4, 0.5) is 0 Å². The number of likely N-dealkylation sites (N-methyl/N-ethyl adjacent to an activating group) is 1. The van der Waals surface area contributed by atoms with Crippen LogP contribution in [0.1, 0.15) is 26.7 Å². The van der Waals surface area contributed by atoms with Gasteiger partial charge in [-0.05, 0) is 44.8 Å². The third-order valence-electron chi connectivity index (χ3n) is 6.02. The summed E-state index contributed by atoms with van der Waals surface area (Å²) in [7, 11) is 2.24. The molecule has 0 amide bonds. The highest BCUT2D eigenvalue weighted by Gasteiger charge is 2.34. The molecule has 122 valence electrons. The largest absolute Gasteiger partial charge is 0.311 e. The first-order valence-corrected chi connectivity index (χ1v) is 9.02. The Morgan fingerprint density at radius 1 is 1.00 bits per heavy atom. The highest BCUT2D eigenvalue weighted by atomic mass is 15.3. The molecule has 1 N–H and O–H groups in total. The van der Waals surface area contributed by atoms with Crippen molar-refractivity contribution in [1.29, 1.82) is 0 Å². The van der Waals surface area contributed by atoms with E-state index in [9.17, 15) is 0 Å². The average molecular weight is 294 g/mol. The van der Waals surface area contributed by atoms with Crippen molar-refractivity contribution >= 4 is 0 Å². The molecule has 21 heavy (non-hydrogen) atoms. The molecule has 0 aromatic heterocycles. The predicted octanol–water partition coefficient (Wildman–Crippen LogP) is 0.942. The van der Waals surface area contributed by atoms with Crippen molar-refractivity contribution in [1.82, 2.24) is 20.0 Å². The second-order valence-corrected chi connectivity index (χ2v) is 7.80. The number of nitrogens with zero attached hydrogens (tertiary/aromatic N) is 3. The van der Waals surface area contributed by atoms with E-state index < -0.39 is 0 Å². The van der Waals surface area contributed by atoms with E-state index in [1.54, 1.807) is 0 Å². The van der Waals surface area contributed by atoms with Crippen LogP contribution < -0.4 is 5.32 Å². The molecule has 0 aromatic rings. The van der Waals surface area contributed by atoms with Crippen LogP contribution in [0.5, 0.6) is 0 Å². The van der Waals surface area contributed by atoms with Crippen LogP contribution in [0.25, 0.3) is 0 Å². The lowest BCUT2D eigenvalue weighted by Crippen LogP contribution is -2.59. The minimum absolute atomic E-state index is 0.703. The van der Waals surface area contributed by atoms with Gasteiger partial charge in [-0.3, -0.25) is 4.90 Å². The minimum atomic E-state index is 0.703. The Labute approximate surface area is 130 Å². The fourth-order valence-corrected chi connectivity index (χ4v) is 4.41. The lowest BCUT2D eigenvalue weighted by atomic mass is 9.84. The van der Waals surface area contributed by atoms with E-state index in [1.807, 2.05) is 0 Å². The first kappa shape index (κ1) is 15.7. The molecule has 0 radical (unpaired) electrons. The van der Waals surface area contributed by atoms with E-state index >= 15 is 0 Å². The monoisotopic (exact) mass is 294 g/mol. The van der Waals surface area contributed by atoms with E-state index in [-0.39, 0.29) is 0 Å². The lowest BCUT2D eigenvalue weighted by Gasteiger charge is -2.46. The van der Waals surface area contributed by atoms with Crippen molar-refractivity contribution in [2.75, 3.05) is 59.4 Å². The van der Waals surface area contributed by atoms with Crippen molar-refractivity contribution in [3.8, 4) is 0 Å². The van der Waals surface area contributed by atoms with Crippen LogP contribution in [0.3, 0.4) is 0 Å². The maximum absolute atomic E-state index is 3.95. The molecule has 4 saturated heterocycles. The van der Waals surface area contributed by atoms with Crippen LogP contribution in [0.2, 0.25) is 0 Å². The van der Waals surface area contributed by atoms with Crippen molar-refractivity contribution in [2.45, 2.75) is 38.8 Å². The smallest absolute Gasteiger partial charge is 0.0244 e. The highest BCUT2D eigenvalue weighted by Crippen LogP contribution is 2.27. The summed E-state index contributed by atoms with van der Waals surface area (Å²) in [6.45, 7) is 14.9. The summed E-state index contributed by atoms with van der Waals surface area (Å²) in [6.07, 6.45) is 2.83. The second-order valence-electron chi connectivity index (χ2n) is 7.80. The van der Waals surface area contributed by atoms with Gasteiger partial charge in [-0.15, -0.1) is 0 Å². The third-order valence-corrected chi connectivity index (χ3v) is 6.02. The standard InChI is InChI=1S/C17H34N4/c1-14(2)17(21-10-8-19(3)9-11-21)12-18-16-13-20-6-4-15(16)5-7-20/h14-18H,4-13H2,1-3H3. The molecule has 2 bridgehead atoms. The van der Waals surface area contributed by atoms with E-state index in [2.05, 4.69) is 40.9 Å². The molecular weight excluding hydrogens is 260 g/mol. The minimum Gasteiger partial charge on any atom is -0.311 e. The fraction of sp³-hybridized carbons (Fsp3) is 1.00. The molecule has 0 aliphatic carbocycles. The van der Waals surface area contributed by atoms with Gasteiger partial charge in [0.15, 0.2) is 0 Å². The molecule has 2 unspecified atom stereocenters. The number of piperazine rings is 1. The van der Waals surface area contributed by atoms with E-state index in [0.717, 1.165) is 17.9 Å². The molecule has 4 aliphatic rings. The maximum Gasteiger partial charge on any atom is 0.0244 e. The van der Waals surface area contributed by atoms with Gasteiger partial charge >= 0.3 is 0 Å². The summed E-state index contributed by atoms with van der Waals surface area (Å²) in [5, 5.41) is 3.95. The molecule has 4 nitrogen and oxygen atoms in total. The van der Waals surface area contributed by atoms with Crippen LogP contribution in [0.15, 0.2) is 0 Å². The van der Waals surface area contributed by atoms with E-state index in [0.29, 0.717) is 6.04 Å². The molecular formula is C17H34N4. The van der Waals surface area contributed by atoms with Gasteiger partial charge in [0.1, 0.15) is 0 Å². The molecule has 4 heterocycles. The normalized spacial score (nSPS) is 36.3. The SMILES string of the molecule is CC(C)C(CNC1CN2CCC1CC2)N1CCN(C)CC1. The van der Waals surface area contributed by atoms with Gasteiger partial charge in [-0.1, -0.05) is 13.8 Å². The van der Waals surface area contributed by atoms with E-state index in [1.165, 1.54) is 65.2 Å². The fourth-order valence-electron chi connectivity index (χ4n) is 4.41. The Kier molecular flexibility index (Phi) is 5.20. The van der Waals surface area contributed by atoms with Crippen LogP contribution >= 0.6 is 0 Å². The van der Waals surface area contributed by atoms with Crippen molar-refractivity contribution in [3.63, 3.8) is 0 Å². The zero-order valence-electron chi connectivity index (χ0n) is 14.2. The Balaban J connectivity index is 1.51. The summed E-state index contributed by atoms with van der Waals surface area (Å²) < 4.78 is 0. The van der Waals surface area contributed by atoms with Gasteiger partial charge in [-0.2, -0.15) is 0 Å². The Morgan fingerprint density at radius 2 is 1.67 bits per heavy atom. The number of hydrogen-bond donors (Lipinski definition) is 1. The van der Waals surface area contributed by atoms with Crippen LogP contribution in [0, 0.1) is 11.8 Å². The van der Waals surface area contributed by atoms with Crippen LogP contribution in [-0.4, -0.2) is 86.2 Å². The Morgan fingerprint density at radius 3 is 2.19 bits per heavy atom. The van der Waals surface area contributed by atoms with Gasteiger partial charge in [0, 0.05) is 51.4 Å². The van der Waals surface area contributed by atoms with Crippen molar-refractivity contribution in [3.05, 3.63) is 0 Å². The predicted molar refractivity (Wildman–Crippen MR) is 88.7 cm³/mol. The zero-order valence-corrected chi connectivity index (χ0v) is 14.2. The highest BCUT2D eigenvalue weighted by molar-refractivity contribution is 4.92.